The molecule has 2 aliphatic rings. The number of amides is 1. The van der Waals surface area contributed by atoms with Gasteiger partial charge in [-0.05, 0) is 81.0 Å². The Morgan fingerprint density at radius 1 is 1.20 bits per heavy atom. The van der Waals surface area contributed by atoms with Crippen molar-refractivity contribution in [2.45, 2.75) is 56.6 Å². The molecular formula is C25H28ClN3O4S2. The monoisotopic (exact) mass is 533 g/mol. The van der Waals surface area contributed by atoms with E-state index in [2.05, 4.69) is 12.1 Å². The molecule has 2 unspecified atom stereocenters. The number of aromatic nitrogens is 1. The highest BCUT2D eigenvalue weighted by Crippen LogP contribution is 2.35. The molecule has 0 bridgehead atoms. The highest BCUT2D eigenvalue weighted by Gasteiger charge is 2.42. The molecule has 7 nitrogen and oxygen atoms in total. The van der Waals surface area contributed by atoms with Crippen molar-refractivity contribution in [1.82, 2.24) is 9.29 Å². The van der Waals surface area contributed by atoms with Crippen molar-refractivity contribution in [3.05, 3.63) is 52.5 Å². The fourth-order valence-electron chi connectivity index (χ4n) is 4.93. The van der Waals surface area contributed by atoms with Gasteiger partial charge in [0, 0.05) is 18.2 Å². The van der Waals surface area contributed by atoms with Crippen molar-refractivity contribution in [1.29, 1.82) is 0 Å². The Morgan fingerprint density at radius 3 is 2.69 bits per heavy atom. The first kappa shape index (κ1) is 24.6. The molecule has 0 spiro atoms. The van der Waals surface area contributed by atoms with Crippen molar-refractivity contribution >= 4 is 54.2 Å². The summed E-state index contributed by atoms with van der Waals surface area (Å²) in [5.74, 6) is -0.246. The van der Waals surface area contributed by atoms with Crippen LogP contribution >= 0.6 is 22.9 Å². The number of anilines is 1. The molecule has 2 fully saturated rings. The number of fused-ring (bicyclic) bond motifs is 1. The summed E-state index contributed by atoms with van der Waals surface area (Å²) in [6.07, 6.45) is 2.82. The summed E-state index contributed by atoms with van der Waals surface area (Å²) in [5, 5.41) is 1.05. The van der Waals surface area contributed by atoms with Crippen LogP contribution in [0.3, 0.4) is 0 Å². The molecule has 2 atom stereocenters. The number of hydrogen-bond donors (Lipinski definition) is 0. The molecule has 0 radical (unpaired) electrons. The predicted octanol–water partition coefficient (Wildman–Crippen LogP) is 4.93. The quantitative estimate of drug-likeness (QED) is 0.449. The second-order valence-corrected chi connectivity index (χ2v) is 12.6. The van der Waals surface area contributed by atoms with Gasteiger partial charge in [0.15, 0.2) is 5.13 Å². The third kappa shape index (κ3) is 4.84. The topological polar surface area (TPSA) is 79.8 Å². The lowest BCUT2D eigenvalue weighted by Gasteiger charge is -2.29. The number of carbonyl (C=O) groups excluding carboxylic acids is 1. The molecule has 5 rings (SSSR count). The normalized spacial score (nSPS) is 21.1. The van der Waals surface area contributed by atoms with Crippen molar-refractivity contribution in [3.63, 3.8) is 0 Å². The fourth-order valence-corrected chi connectivity index (χ4v) is 7.86. The minimum absolute atomic E-state index is 0.0866. The Bertz CT molecular complexity index is 1350. The Kier molecular flexibility index (Phi) is 6.89. The van der Waals surface area contributed by atoms with E-state index in [-0.39, 0.29) is 16.9 Å². The van der Waals surface area contributed by atoms with Crippen LogP contribution in [0.2, 0.25) is 5.02 Å². The molecule has 0 aliphatic carbocycles. The maximum absolute atomic E-state index is 14.0. The number of benzene rings is 2. The third-order valence-corrected chi connectivity index (χ3v) is 9.83. The zero-order valence-corrected chi connectivity index (χ0v) is 22.1. The van der Waals surface area contributed by atoms with Gasteiger partial charge in [-0.3, -0.25) is 9.69 Å². The number of hydrogen-bond acceptors (Lipinski definition) is 6. The van der Waals surface area contributed by atoms with Gasteiger partial charge in [0.2, 0.25) is 15.9 Å². The average Bonchev–Trinajstić information content (AvgIpc) is 3.57. The summed E-state index contributed by atoms with van der Waals surface area (Å²) in [5.41, 5.74) is 3.07. The first-order chi connectivity index (χ1) is 16.7. The second-order valence-electron chi connectivity index (χ2n) is 9.24. The SMILES string of the molecule is Cc1cc(C)c2nc(N(CC3CCCO3)C(=O)C3CCCN3S(=O)(=O)c3ccc(Cl)cc3)sc2c1. The third-order valence-electron chi connectivity index (χ3n) is 6.63. The zero-order chi connectivity index (χ0) is 24.7. The number of aryl methyl sites for hydroxylation is 2. The van der Waals surface area contributed by atoms with E-state index in [9.17, 15) is 13.2 Å². The standard InChI is InChI=1S/C25H28ClN3O4S2/c1-16-13-17(2)23-22(14-16)34-25(27-23)28(15-19-5-4-12-33-19)24(30)21-6-3-11-29(21)35(31,32)20-9-7-18(26)8-10-20/h7-10,13-14,19,21H,3-6,11-12,15H2,1-2H3. The van der Waals surface area contributed by atoms with Gasteiger partial charge < -0.3 is 4.74 Å². The van der Waals surface area contributed by atoms with Crippen molar-refractivity contribution in [2.75, 3.05) is 24.6 Å². The van der Waals surface area contributed by atoms with Gasteiger partial charge in [-0.2, -0.15) is 4.31 Å². The van der Waals surface area contributed by atoms with E-state index in [1.807, 2.05) is 13.8 Å². The predicted molar refractivity (Wildman–Crippen MR) is 139 cm³/mol. The van der Waals surface area contributed by atoms with Gasteiger partial charge in [-0.25, -0.2) is 13.4 Å². The average molecular weight is 534 g/mol. The lowest BCUT2D eigenvalue weighted by molar-refractivity contribution is -0.122. The number of thiazole rings is 1. The molecule has 10 heteroatoms. The smallest absolute Gasteiger partial charge is 0.247 e. The van der Waals surface area contributed by atoms with Crippen LogP contribution in [-0.2, 0) is 19.6 Å². The number of sulfonamides is 1. The molecule has 1 aromatic heterocycles. The summed E-state index contributed by atoms with van der Waals surface area (Å²) < 4.78 is 35.1. The summed E-state index contributed by atoms with van der Waals surface area (Å²) in [6, 6.07) is 9.45. The molecule has 0 saturated carbocycles. The van der Waals surface area contributed by atoms with Crippen LogP contribution < -0.4 is 4.90 Å². The lowest BCUT2D eigenvalue weighted by Crippen LogP contribution is -2.49. The number of ether oxygens (including phenoxy) is 1. The molecule has 3 aromatic rings. The first-order valence-electron chi connectivity index (χ1n) is 11.8. The number of halogens is 1. The van der Waals surface area contributed by atoms with Crippen LogP contribution in [0.4, 0.5) is 5.13 Å². The van der Waals surface area contributed by atoms with E-state index in [1.165, 1.54) is 27.8 Å². The minimum Gasteiger partial charge on any atom is -0.376 e. The molecular weight excluding hydrogens is 506 g/mol. The van der Waals surface area contributed by atoms with Gasteiger partial charge in [0.25, 0.3) is 0 Å². The first-order valence-corrected chi connectivity index (χ1v) is 14.5. The Labute approximate surface area is 214 Å². The molecule has 2 aliphatic heterocycles. The van der Waals surface area contributed by atoms with Crippen LogP contribution in [0.15, 0.2) is 41.3 Å². The van der Waals surface area contributed by atoms with E-state index in [0.717, 1.165) is 34.2 Å². The summed E-state index contributed by atoms with van der Waals surface area (Å²) in [7, 11) is -3.85. The minimum atomic E-state index is -3.85. The van der Waals surface area contributed by atoms with Gasteiger partial charge >= 0.3 is 0 Å². The van der Waals surface area contributed by atoms with E-state index >= 15 is 0 Å². The Hall–Kier alpha value is -2.04. The van der Waals surface area contributed by atoms with Gasteiger partial charge in [0.05, 0.1) is 27.8 Å². The highest BCUT2D eigenvalue weighted by molar-refractivity contribution is 7.89. The number of rotatable bonds is 6. The molecule has 3 heterocycles. The van der Waals surface area contributed by atoms with E-state index in [4.69, 9.17) is 21.3 Å². The lowest BCUT2D eigenvalue weighted by atomic mass is 10.1. The number of nitrogens with zero attached hydrogens (tertiary/aromatic N) is 3. The molecule has 186 valence electrons. The van der Waals surface area contributed by atoms with E-state index < -0.39 is 16.1 Å². The van der Waals surface area contributed by atoms with Gasteiger partial charge in [0.1, 0.15) is 6.04 Å². The second kappa shape index (κ2) is 9.78. The van der Waals surface area contributed by atoms with Crippen molar-refractivity contribution in [3.8, 4) is 0 Å². The summed E-state index contributed by atoms with van der Waals surface area (Å²) in [4.78, 5) is 20.6. The highest BCUT2D eigenvalue weighted by atomic mass is 35.5. The van der Waals surface area contributed by atoms with Crippen LogP contribution in [0.25, 0.3) is 10.2 Å². The van der Waals surface area contributed by atoms with E-state index in [1.54, 1.807) is 17.0 Å². The molecule has 2 saturated heterocycles. The largest absolute Gasteiger partial charge is 0.376 e. The van der Waals surface area contributed by atoms with Gasteiger partial charge in [-0.1, -0.05) is 29.0 Å². The van der Waals surface area contributed by atoms with Crippen LogP contribution in [0.1, 0.15) is 36.8 Å². The fraction of sp³-hybridized carbons (Fsp3) is 0.440. The van der Waals surface area contributed by atoms with Crippen LogP contribution in [0, 0.1) is 13.8 Å². The zero-order valence-electron chi connectivity index (χ0n) is 19.7. The molecule has 2 aromatic carbocycles. The van der Waals surface area contributed by atoms with Crippen LogP contribution in [-0.4, -0.2) is 55.5 Å². The molecule has 35 heavy (non-hydrogen) atoms. The van der Waals surface area contributed by atoms with Gasteiger partial charge in [-0.15, -0.1) is 0 Å². The van der Waals surface area contributed by atoms with Crippen LogP contribution in [0.5, 0.6) is 0 Å². The molecule has 1 amide bonds. The maximum Gasteiger partial charge on any atom is 0.247 e. The Balaban J connectivity index is 1.50. The van der Waals surface area contributed by atoms with Crippen molar-refractivity contribution < 1.29 is 17.9 Å². The van der Waals surface area contributed by atoms with E-state index in [0.29, 0.717) is 42.7 Å². The Morgan fingerprint density at radius 2 is 1.97 bits per heavy atom. The summed E-state index contributed by atoms with van der Waals surface area (Å²) in [6.45, 7) is 5.39. The maximum atomic E-state index is 14.0. The molecule has 0 N–H and O–H groups in total. The van der Waals surface area contributed by atoms with Crippen molar-refractivity contribution in [2.24, 2.45) is 0 Å². The summed E-state index contributed by atoms with van der Waals surface area (Å²) >= 11 is 7.43. The number of carbonyl (C=O) groups is 1.